The lowest BCUT2D eigenvalue weighted by atomic mass is 9.79. The molecule has 2 aromatic rings. The van der Waals surface area contributed by atoms with E-state index in [1.54, 1.807) is 4.90 Å². The molecule has 0 saturated carbocycles. The van der Waals surface area contributed by atoms with Crippen molar-refractivity contribution in [1.82, 2.24) is 4.90 Å². The Morgan fingerprint density at radius 1 is 0.917 bits per heavy atom. The molecule has 0 spiro atoms. The fourth-order valence-electron chi connectivity index (χ4n) is 3.97. The number of amides is 1. The summed E-state index contributed by atoms with van der Waals surface area (Å²) in [7, 11) is 0. The summed E-state index contributed by atoms with van der Waals surface area (Å²) in [4.78, 5) is 26.3. The average molecular weight is 321 g/mol. The zero-order valence-corrected chi connectivity index (χ0v) is 13.4. The molecule has 4 heteroatoms. The summed E-state index contributed by atoms with van der Waals surface area (Å²) < 4.78 is 6.29. The Kier molecular flexibility index (Phi) is 3.69. The second-order valence-electron chi connectivity index (χ2n) is 6.37. The first kappa shape index (κ1) is 15.1. The van der Waals surface area contributed by atoms with Gasteiger partial charge in [-0.15, -0.1) is 0 Å². The minimum Gasteiger partial charge on any atom is -0.356 e. The SMILES string of the molecule is O=C1COC(c2ccccc2)(c2ccccc2)[C@@H]2CCC(=O)N2C1. The highest BCUT2D eigenvalue weighted by molar-refractivity contribution is 5.89. The Labute approximate surface area is 141 Å². The third-order valence-electron chi connectivity index (χ3n) is 5.01. The van der Waals surface area contributed by atoms with E-state index in [-0.39, 0.29) is 30.9 Å². The molecular weight excluding hydrogens is 302 g/mol. The van der Waals surface area contributed by atoms with Crippen LogP contribution in [0.2, 0.25) is 0 Å². The van der Waals surface area contributed by atoms with E-state index in [1.165, 1.54) is 0 Å². The van der Waals surface area contributed by atoms with Crippen LogP contribution < -0.4 is 0 Å². The van der Waals surface area contributed by atoms with Crippen molar-refractivity contribution < 1.29 is 14.3 Å². The number of nitrogens with zero attached hydrogens (tertiary/aromatic N) is 1. The number of benzene rings is 2. The molecule has 0 bridgehead atoms. The predicted molar refractivity (Wildman–Crippen MR) is 89.4 cm³/mol. The Morgan fingerprint density at radius 2 is 1.50 bits per heavy atom. The maximum absolute atomic E-state index is 12.4. The van der Waals surface area contributed by atoms with Crippen molar-refractivity contribution in [1.29, 1.82) is 0 Å². The van der Waals surface area contributed by atoms with Gasteiger partial charge in [0.05, 0.1) is 12.6 Å². The Bertz CT molecular complexity index is 717. The van der Waals surface area contributed by atoms with Gasteiger partial charge < -0.3 is 9.64 Å². The zero-order chi connectivity index (χ0) is 16.6. The number of carbonyl (C=O) groups is 2. The molecule has 2 saturated heterocycles. The number of hydrogen-bond donors (Lipinski definition) is 0. The third-order valence-corrected chi connectivity index (χ3v) is 5.01. The highest BCUT2D eigenvalue weighted by atomic mass is 16.5. The molecule has 0 unspecified atom stereocenters. The van der Waals surface area contributed by atoms with Crippen LogP contribution in [0.4, 0.5) is 0 Å². The molecule has 24 heavy (non-hydrogen) atoms. The number of Topliss-reactive ketones (excluding diaryl/α,β-unsaturated/α-hetero) is 1. The molecule has 0 radical (unpaired) electrons. The number of fused-ring (bicyclic) bond motifs is 1. The third kappa shape index (κ3) is 2.26. The molecule has 1 amide bonds. The van der Waals surface area contributed by atoms with E-state index < -0.39 is 5.60 Å². The van der Waals surface area contributed by atoms with Gasteiger partial charge in [-0.1, -0.05) is 60.7 Å². The summed E-state index contributed by atoms with van der Waals surface area (Å²) in [6.45, 7) is 0.162. The lowest BCUT2D eigenvalue weighted by Gasteiger charge is -2.41. The van der Waals surface area contributed by atoms with Crippen molar-refractivity contribution in [2.24, 2.45) is 0 Å². The topological polar surface area (TPSA) is 46.6 Å². The highest BCUT2D eigenvalue weighted by Crippen LogP contribution is 2.44. The van der Waals surface area contributed by atoms with Crippen LogP contribution in [0.5, 0.6) is 0 Å². The van der Waals surface area contributed by atoms with Crippen molar-refractivity contribution in [2.75, 3.05) is 13.2 Å². The van der Waals surface area contributed by atoms with E-state index in [9.17, 15) is 9.59 Å². The van der Waals surface area contributed by atoms with Crippen LogP contribution in [0, 0.1) is 0 Å². The molecule has 2 aromatic carbocycles. The minimum absolute atomic E-state index is 0.0179. The fourth-order valence-corrected chi connectivity index (χ4v) is 3.97. The molecule has 2 aliphatic heterocycles. The molecule has 2 heterocycles. The summed E-state index contributed by atoms with van der Waals surface area (Å²) >= 11 is 0. The molecule has 0 aliphatic carbocycles. The van der Waals surface area contributed by atoms with Crippen molar-refractivity contribution in [2.45, 2.75) is 24.5 Å². The summed E-state index contributed by atoms with van der Waals surface area (Å²) in [6.07, 6.45) is 1.15. The summed E-state index contributed by atoms with van der Waals surface area (Å²) in [6, 6.07) is 19.7. The largest absolute Gasteiger partial charge is 0.356 e. The second kappa shape index (κ2) is 5.87. The smallest absolute Gasteiger partial charge is 0.223 e. The molecule has 2 aliphatic rings. The van der Waals surface area contributed by atoms with Crippen LogP contribution in [-0.4, -0.2) is 35.8 Å². The molecule has 0 N–H and O–H groups in total. The highest BCUT2D eigenvalue weighted by Gasteiger charge is 2.52. The summed E-state index contributed by atoms with van der Waals surface area (Å²) in [5, 5.41) is 0. The molecule has 0 aromatic heterocycles. The standard InChI is InChI=1S/C20H19NO3/c22-17-13-21-18(11-12-19(21)23)20(24-14-17,15-7-3-1-4-8-15)16-9-5-2-6-10-16/h1-10,18H,11-14H2/t18-/m0/s1. The van der Waals surface area contributed by atoms with Gasteiger partial charge in [0.1, 0.15) is 12.2 Å². The molecular formula is C20H19NO3. The summed E-state index contributed by atoms with van der Waals surface area (Å²) in [5.41, 5.74) is 1.16. The van der Waals surface area contributed by atoms with E-state index in [0.29, 0.717) is 12.8 Å². The molecule has 4 nitrogen and oxygen atoms in total. The van der Waals surface area contributed by atoms with E-state index in [4.69, 9.17) is 4.74 Å². The number of hydrogen-bond acceptors (Lipinski definition) is 3. The number of ether oxygens (including phenoxy) is 1. The van der Waals surface area contributed by atoms with Gasteiger partial charge in [-0.2, -0.15) is 0 Å². The first-order valence-electron chi connectivity index (χ1n) is 8.28. The average Bonchev–Trinajstić information content (AvgIpc) is 2.90. The molecule has 4 rings (SSSR count). The Hall–Kier alpha value is -2.46. The van der Waals surface area contributed by atoms with Crippen LogP contribution in [0.15, 0.2) is 60.7 Å². The first-order chi connectivity index (χ1) is 11.7. The first-order valence-corrected chi connectivity index (χ1v) is 8.28. The predicted octanol–water partition coefficient (Wildman–Crippen LogP) is 2.52. The lowest BCUT2D eigenvalue weighted by Crippen LogP contribution is -2.49. The van der Waals surface area contributed by atoms with Gasteiger partial charge in [0.15, 0.2) is 5.78 Å². The maximum atomic E-state index is 12.4. The Morgan fingerprint density at radius 3 is 2.08 bits per heavy atom. The lowest BCUT2D eigenvalue weighted by molar-refractivity contribution is -0.133. The molecule has 122 valence electrons. The van der Waals surface area contributed by atoms with Crippen molar-refractivity contribution in [3.63, 3.8) is 0 Å². The normalized spacial score (nSPS) is 23.0. The monoisotopic (exact) mass is 321 g/mol. The van der Waals surface area contributed by atoms with Crippen LogP contribution >= 0.6 is 0 Å². The van der Waals surface area contributed by atoms with Crippen molar-refractivity contribution in [3.8, 4) is 0 Å². The van der Waals surface area contributed by atoms with E-state index in [2.05, 4.69) is 0 Å². The quantitative estimate of drug-likeness (QED) is 0.854. The van der Waals surface area contributed by atoms with Crippen LogP contribution in [-0.2, 0) is 19.9 Å². The number of rotatable bonds is 2. The maximum Gasteiger partial charge on any atom is 0.223 e. The van der Waals surface area contributed by atoms with Gasteiger partial charge in [0.25, 0.3) is 0 Å². The summed E-state index contributed by atoms with van der Waals surface area (Å²) in [5.74, 6) is -0.0147. The second-order valence-corrected chi connectivity index (χ2v) is 6.37. The van der Waals surface area contributed by atoms with Gasteiger partial charge in [-0.05, 0) is 17.5 Å². The fraction of sp³-hybridized carbons (Fsp3) is 0.300. The van der Waals surface area contributed by atoms with Gasteiger partial charge >= 0.3 is 0 Å². The van der Waals surface area contributed by atoms with Crippen LogP contribution in [0.1, 0.15) is 24.0 Å². The van der Waals surface area contributed by atoms with E-state index in [0.717, 1.165) is 11.1 Å². The van der Waals surface area contributed by atoms with Crippen molar-refractivity contribution in [3.05, 3.63) is 71.8 Å². The minimum atomic E-state index is -0.805. The van der Waals surface area contributed by atoms with Crippen LogP contribution in [0.25, 0.3) is 0 Å². The van der Waals surface area contributed by atoms with E-state index >= 15 is 0 Å². The zero-order valence-electron chi connectivity index (χ0n) is 13.4. The van der Waals surface area contributed by atoms with Gasteiger partial charge in [-0.3, -0.25) is 9.59 Å². The van der Waals surface area contributed by atoms with Crippen molar-refractivity contribution >= 4 is 11.7 Å². The van der Waals surface area contributed by atoms with Crippen LogP contribution in [0.3, 0.4) is 0 Å². The van der Waals surface area contributed by atoms with Gasteiger partial charge in [0, 0.05) is 6.42 Å². The van der Waals surface area contributed by atoms with Gasteiger partial charge in [0.2, 0.25) is 5.91 Å². The van der Waals surface area contributed by atoms with Gasteiger partial charge in [-0.25, -0.2) is 0 Å². The number of carbonyl (C=O) groups excluding carboxylic acids is 2. The molecule has 2 fully saturated rings. The Balaban J connectivity index is 1.95. The number of ketones is 1. The van der Waals surface area contributed by atoms with E-state index in [1.807, 2.05) is 60.7 Å². The molecule has 1 atom stereocenters.